The van der Waals surface area contributed by atoms with Crippen molar-refractivity contribution in [2.45, 2.75) is 80.1 Å². The van der Waals surface area contributed by atoms with Gasteiger partial charge in [-0.1, -0.05) is 26.2 Å². The Kier molecular flexibility index (Phi) is 28.5. The van der Waals surface area contributed by atoms with Crippen LogP contribution in [0, 0.1) is 5.92 Å². The molecule has 0 amide bonds. The molecule has 0 bridgehead atoms. The minimum Gasteiger partial charge on any atom is -0.394 e. The first-order chi connectivity index (χ1) is 9.48. The summed E-state index contributed by atoms with van der Waals surface area (Å²) in [5.74, 6) is 0.785. The van der Waals surface area contributed by atoms with Crippen molar-refractivity contribution < 1.29 is 37.0 Å². The second-order valence-corrected chi connectivity index (χ2v) is 6.17. The molecule has 0 aliphatic rings. The number of rotatable bonds is 2. The van der Waals surface area contributed by atoms with E-state index in [1.807, 2.05) is 0 Å². The van der Waals surface area contributed by atoms with Crippen molar-refractivity contribution in [3.8, 4) is 0 Å². The number of aliphatic hydroxyl groups is 3. The predicted molar refractivity (Wildman–Crippen MR) is 92.6 cm³/mol. The molecule has 0 saturated heterocycles. The third-order valence-electron chi connectivity index (χ3n) is 1.38. The van der Waals surface area contributed by atoms with Gasteiger partial charge in [0, 0.05) is 40.0 Å². The first kappa shape index (κ1) is 29.9. The van der Waals surface area contributed by atoms with Gasteiger partial charge in [-0.15, -0.1) is 0 Å². The normalized spacial score (nSPS) is 9.23. The van der Waals surface area contributed by atoms with Crippen LogP contribution in [0.3, 0.4) is 0 Å². The Morgan fingerprint density at radius 1 is 0.682 bits per heavy atom. The molecule has 0 heterocycles. The SMILES string of the molecule is CC(C)C[c-]1cccc1.CC(C)O.CC(C)O.CC(C)O.[Ti]. The quantitative estimate of drug-likeness (QED) is 0.563. The molecule has 22 heavy (non-hydrogen) atoms. The Morgan fingerprint density at radius 3 is 1.09 bits per heavy atom. The average molecular weight is 349 g/mol. The largest absolute Gasteiger partial charge is 0.394 e. The van der Waals surface area contributed by atoms with Gasteiger partial charge in [-0.05, 0) is 41.5 Å². The van der Waals surface area contributed by atoms with Gasteiger partial charge in [0.05, 0.1) is 0 Å². The van der Waals surface area contributed by atoms with E-state index in [2.05, 4.69) is 38.1 Å². The van der Waals surface area contributed by atoms with E-state index in [1.54, 1.807) is 41.5 Å². The Hall–Kier alpha value is -0.0557. The summed E-state index contributed by atoms with van der Waals surface area (Å²) in [6.45, 7) is 14.8. The van der Waals surface area contributed by atoms with Gasteiger partial charge in [-0.25, -0.2) is 12.1 Å². The van der Waals surface area contributed by atoms with Crippen LogP contribution in [-0.2, 0) is 28.1 Å². The van der Waals surface area contributed by atoms with Gasteiger partial charge in [-0.3, -0.25) is 0 Å². The second-order valence-electron chi connectivity index (χ2n) is 6.17. The summed E-state index contributed by atoms with van der Waals surface area (Å²) in [6, 6.07) is 8.55. The van der Waals surface area contributed by atoms with Crippen molar-refractivity contribution in [2.75, 3.05) is 0 Å². The molecule has 0 fully saturated rings. The molecule has 0 spiro atoms. The Balaban J connectivity index is -0.000000107. The third-order valence-corrected chi connectivity index (χ3v) is 1.38. The first-order valence-corrected chi connectivity index (χ1v) is 7.73. The monoisotopic (exact) mass is 349 g/mol. The van der Waals surface area contributed by atoms with E-state index in [9.17, 15) is 0 Å². The van der Waals surface area contributed by atoms with E-state index in [4.69, 9.17) is 15.3 Å². The molecule has 0 atom stereocenters. The van der Waals surface area contributed by atoms with Crippen molar-refractivity contribution in [1.82, 2.24) is 0 Å². The van der Waals surface area contributed by atoms with Gasteiger partial charge < -0.3 is 15.3 Å². The molecule has 3 N–H and O–H groups in total. The van der Waals surface area contributed by atoms with Crippen LogP contribution in [0.15, 0.2) is 24.3 Å². The van der Waals surface area contributed by atoms with Crippen molar-refractivity contribution in [2.24, 2.45) is 5.92 Å². The molecule has 1 aromatic rings. The maximum absolute atomic E-state index is 8.06. The van der Waals surface area contributed by atoms with Crippen LogP contribution >= 0.6 is 0 Å². The summed E-state index contributed by atoms with van der Waals surface area (Å²) >= 11 is 0. The van der Waals surface area contributed by atoms with Crippen LogP contribution in [0.2, 0.25) is 0 Å². The smallest absolute Gasteiger partial charge is 0.0483 e. The van der Waals surface area contributed by atoms with Crippen molar-refractivity contribution in [3.63, 3.8) is 0 Å². The zero-order valence-electron chi connectivity index (χ0n) is 15.7. The van der Waals surface area contributed by atoms with E-state index in [1.165, 1.54) is 12.0 Å². The third kappa shape index (κ3) is 59.8. The fourth-order valence-corrected chi connectivity index (χ4v) is 1.02. The molecule has 1 rings (SSSR count). The van der Waals surface area contributed by atoms with E-state index in [0.717, 1.165) is 5.92 Å². The van der Waals surface area contributed by atoms with E-state index in [0.29, 0.717) is 0 Å². The van der Waals surface area contributed by atoms with Gasteiger partial charge in [0.1, 0.15) is 0 Å². The van der Waals surface area contributed by atoms with Crippen LogP contribution in [0.5, 0.6) is 0 Å². The van der Waals surface area contributed by atoms with Gasteiger partial charge in [0.2, 0.25) is 0 Å². The maximum Gasteiger partial charge on any atom is 0.0483 e. The van der Waals surface area contributed by atoms with Crippen molar-refractivity contribution in [1.29, 1.82) is 0 Å². The average Bonchev–Trinajstić information content (AvgIpc) is 2.65. The summed E-state index contributed by atoms with van der Waals surface area (Å²) < 4.78 is 0. The fourth-order valence-electron chi connectivity index (χ4n) is 1.02. The molecule has 0 aromatic heterocycles. The fraction of sp³-hybridized carbons (Fsp3) is 0.722. The standard InChI is InChI=1S/C9H13.3C3H8O.Ti/c1-8(2)7-9-5-3-4-6-9;3*1-3(2)4;/h3-6,8H,7H2,1-2H3;3*3-4H,1-2H3;/q-1;;;;. The van der Waals surface area contributed by atoms with Crippen LogP contribution < -0.4 is 0 Å². The molecule has 132 valence electrons. The van der Waals surface area contributed by atoms with Crippen LogP contribution in [0.25, 0.3) is 0 Å². The maximum atomic E-state index is 8.06. The molecule has 4 heteroatoms. The molecular weight excluding hydrogens is 312 g/mol. The summed E-state index contributed by atoms with van der Waals surface area (Å²) in [5.41, 5.74) is 1.46. The molecule has 0 aliphatic carbocycles. The zero-order chi connectivity index (χ0) is 17.4. The van der Waals surface area contributed by atoms with Gasteiger partial charge >= 0.3 is 0 Å². The molecule has 1 aromatic carbocycles. The zero-order valence-corrected chi connectivity index (χ0v) is 17.2. The topological polar surface area (TPSA) is 60.7 Å². The van der Waals surface area contributed by atoms with Crippen LogP contribution in [-0.4, -0.2) is 33.6 Å². The Bertz CT molecular complexity index is 245. The summed E-state index contributed by atoms with van der Waals surface area (Å²) in [7, 11) is 0. The molecule has 3 nitrogen and oxygen atoms in total. The first-order valence-electron chi connectivity index (χ1n) is 7.73. The van der Waals surface area contributed by atoms with E-state index >= 15 is 0 Å². The van der Waals surface area contributed by atoms with E-state index in [-0.39, 0.29) is 40.0 Å². The number of hydrogen-bond donors (Lipinski definition) is 3. The molecule has 0 unspecified atom stereocenters. The van der Waals surface area contributed by atoms with Crippen LogP contribution in [0.4, 0.5) is 0 Å². The number of hydrogen-bond acceptors (Lipinski definition) is 3. The van der Waals surface area contributed by atoms with Crippen molar-refractivity contribution in [3.05, 3.63) is 29.8 Å². The Morgan fingerprint density at radius 2 is 0.909 bits per heavy atom. The number of aliphatic hydroxyl groups excluding tert-OH is 3. The molecule has 0 radical (unpaired) electrons. The van der Waals surface area contributed by atoms with Gasteiger partial charge in [-0.2, -0.15) is 17.7 Å². The van der Waals surface area contributed by atoms with E-state index < -0.39 is 0 Å². The van der Waals surface area contributed by atoms with Gasteiger partial charge in [0.25, 0.3) is 0 Å². The second kappa shape index (κ2) is 20.9. The predicted octanol–water partition coefficient (Wildman–Crippen LogP) is 3.76. The minimum absolute atomic E-state index is 0. The molecule has 0 saturated carbocycles. The van der Waals surface area contributed by atoms with Crippen LogP contribution in [0.1, 0.15) is 61.0 Å². The van der Waals surface area contributed by atoms with Crippen molar-refractivity contribution >= 4 is 0 Å². The molecular formula is C18H37O3Ti-. The minimum atomic E-state index is -0.167. The summed E-state index contributed by atoms with van der Waals surface area (Å²) in [6.07, 6.45) is 0.715. The summed E-state index contributed by atoms with van der Waals surface area (Å²) in [5, 5.41) is 24.2. The summed E-state index contributed by atoms with van der Waals surface area (Å²) in [4.78, 5) is 0. The molecule has 0 aliphatic heterocycles. The Labute approximate surface area is 153 Å². The van der Waals surface area contributed by atoms with Gasteiger partial charge in [0.15, 0.2) is 0 Å².